The van der Waals surface area contributed by atoms with Gasteiger partial charge in [0.1, 0.15) is 11.4 Å². The fraction of sp³-hybridized carbons (Fsp3) is 0.412. The summed E-state index contributed by atoms with van der Waals surface area (Å²) in [4.78, 5) is 28.8. The van der Waals surface area contributed by atoms with E-state index in [1.165, 1.54) is 0 Å². The summed E-state index contributed by atoms with van der Waals surface area (Å²) in [5.74, 6) is 1.20. The number of ether oxygens (including phenoxy) is 1. The second-order valence-corrected chi connectivity index (χ2v) is 5.77. The van der Waals surface area contributed by atoms with E-state index in [1.54, 1.807) is 31.4 Å². The number of methoxy groups -OCH3 is 1. The van der Waals surface area contributed by atoms with Crippen LogP contribution in [0.2, 0.25) is 0 Å². The molecule has 0 aliphatic carbocycles. The van der Waals surface area contributed by atoms with Crippen LogP contribution < -0.4 is 10.3 Å². The van der Waals surface area contributed by atoms with Crippen molar-refractivity contribution in [3.05, 3.63) is 40.3 Å². The van der Waals surface area contributed by atoms with Gasteiger partial charge in [-0.2, -0.15) is 0 Å². The Hall–Kier alpha value is -2.70. The molecule has 1 N–H and O–H groups in total. The first-order valence-corrected chi connectivity index (χ1v) is 8.05. The van der Waals surface area contributed by atoms with Crippen LogP contribution in [0.25, 0.3) is 11.4 Å². The number of benzene rings is 1. The van der Waals surface area contributed by atoms with Gasteiger partial charge in [-0.1, -0.05) is 0 Å². The highest BCUT2D eigenvalue weighted by atomic mass is 16.5. The van der Waals surface area contributed by atoms with Gasteiger partial charge in [0.05, 0.1) is 7.11 Å². The number of H-pyrrole nitrogens is 1. The minimum absolute atomic E-state index is 0.0768. The molecule has 0 bridgehead atoms. The standard InChI is InChI=1S/C17H20N4O3/c1-24-13-6-4-12(5-7-13)16-18-17(23)14(19-20-16)8-9-15(22)21-10-2-3-11-21/h4-7H,2-3,8-11H2,1H3,(H,18,20,23). The number of aryl methyl sites for hydroxylation is 1. The van der Waals surface area contributed by atoms with Crippen LogP contribution in [0.15, 0.2) is 29.1 Å². The predicted molar refractivity (Wildman–Crippen MR) is 88.8 cm³/mol. The van der Waals surface area contributed by atoms with Gasteiger partial charge in [0.2, 0.25) is 5.91 Å². The number of carbonyl (C=O) groups is 1. The first-order valence-electron chi connectivity index (χ1n) is 8.05. The van der Waals surface area contributed by atoms with Crippen molar-refractivity contribution in [1.82, 2.24) is 20.1 Å². The normalized spacial score (nSPS) is 14.0. The Bertz CT molecular complexity index is 764. The van der Waals surface area contributed by atoms with Crippen LogP contribution in [-0.2, 0) is 11.2 Å². The molecular weight excluding hydrogens is 308 g/mol. The number of nitrogens with one attached hydrogen (secondary N) is 1. The third-order valence-corrected chi connectivity index (χ3v) is 4.16. The number of likely N-dealkylation sites (tertiary alicyclic amines) is 1. The number of carbonyl (C=O) groups excluding carboxylic acids is 1. The van der Waals surface area contributed by atoms with Crippen molar-refractivity contribution >= 4 is 5.91 Å². The molecule has 24 heavy (non-hydrogen) atoms. The van der Waals surface area contributed by atoms with Gasteiger partial charge in [0, 0.05) is 31.5 Å². The zero-order chi connectivity index (χ0) is 16.9. The maximum Gasteiger partial charge on any atom is 0.273 e. The van der Waals surface area contributed by atoms with E-state index in [4.69, 9.17) is 4.74 Å². The minimum Gasteiger partial charge on any atom is -0.497 e. The Balaban J connectivity index is 1.67. The SMILES string of the molecule is COc1ccc(-c2nnc(CCC(=O)N3CCCC3)c(=O)[nH]2)cc1. The molecule has 126 valence electrons. The van der Waals surface area contributed by atoms with Crippen molar-refractivity contribution in [2.24, 2.45) is 0 Å². The van der Waals surface area contributed by atoms with Crippen LogP contribution >= 0.6 is 0 Å². The lowest BCUT2D eigenvalue weighted by molar-refractivity contribution is -0.130. The predicted octanol–water partition coefficient (Wildman–Crippen LogP) is 1.40. The van der Waals surface area contributed by atoms with E-state index >= 15 is 0 Å². The number of hydrogen-bond donors (Lipinski definition) is 1. The van der Waals surface area contributed by atoms with Crippen molar-refractivity contribution in [2.45, 2.75) is 25.7 Å². The van der Waals surface area contributed by atoms with Crippen molar-refractivity contribution in [2.75, 3.05) is 20.2 Å². The van der Waals surface area contributed by atoms with E-state index in [0.717, 1.165) is 37.2 Å². The van der Waals surface area contributed by atoms with E-state index in [9.17, 15) is 9.59 Å². The maximum atomic E-state index is 12.2. The van der Waals surface area contributed by atoms with Gasteiger partial charge >= 0.3 is 0 Å². The Labute approximate surface area is 139 Å². The fourth-order valence-corrected chi connectivity index (χ4v) is 2.75. The molecule has 1 amide bonds. The summed E-state index contributed by atoms with van der Waals surface area (Å²) < 4.78 is 5.10. The number of amides is 1. The molecule has 7 heteroatoms. The number of nitrogens with zero attached hydrogens (tertiary/aromatic N) is 3. The van der Waals surface area contributed by atoms with Gasteiger partial charge in [-0.05, 0) is 37.1 Å². The summed E-state index contributed by atoms with van der Waals surface area (Å²) in [6.45, 7) is 1.63. The maximum absolute atomic E-state index is 12.2. The molecule has 1 saturated heterocycles. The van der Waals surface area contributed by atoms with Gasteiger partial charge in [-0.25, -0.2) is 0 Å². The molecule has 0 radical (unpaired) electrons. The lowest BCUT2D eigenvalue weighted by Crippen LogP contribution is -2.28. The van der Waals surface area contributed by atoms with E-state index < -0.39 is 0 Å². The molecule has 0 saturated carbocycles. The number of aromatic nitrogens is 3. The van der Waals surface area contributed by atoms with E-state index in [0.29, 0.717) is 24.4 Å². The van der Waals surface area contributed by atoms with Crippen LogP contribution in [-0.4, -0.2) is 46.2 Å². The topological polar surface area (TPSA) is 88.2 Å². The zero-order valence-corrected chi connectivity index (χ0v) is 13.6. The summed E-state index contributed by atoms with van der Waals surface area (Å²) in [5.41, 5.74) is 0.741. The fourth-order valence-electron chi connectivity index (χ4n) is 2.75. The largest absolute Gasteiger partial charge is 0.497 e. The molecule has 2 heterocycles. The third kappa shape index (κ3) is 3.61. The molecule has 0 spiro atoms. The lowest BCUT2D eigenvalue weighted by Gasteiger charge is -2.14. The van der Waals surface area contributed by atoms with E-state index in [2.05, 4.69) is 15.2 Å². The summed E-state index contributed by atoms with van der Waals surface area (Å²) in [6.07, 6.45) is 2.71. The Morgan fingerprint density at radius 1 is 1.21 bits per heavy atom. The second-order valence-electron chi connectivity index (χ2n) is 5.77. The first-order chi connectivity index (χ1) is 11.7. The molecule has 2 aromatic rings. The van der Waals surface area contributed by atoms with Crippen LogP contribution in [0.3, 0.4) is 0 Å². The third-order valence-electron chi connectivity index (χ3n) is 4.16. The first kappa shape index (κ1) is 16.2. The molecule has 7 nitrogen and oxygen atoms in total. The zero-order valence-electron chi connectivity index (χ0n) is 13.6. The molecule has 1 aromatic heterocycles. The Kier molecular flexibility index (Phi) is 4.88. The van der Waals surface area contributed by atoms with Gasteiger partial charge < -0.3 is 14.6 Å². The average molecular weight is 328 g/mol. The van der Waals surface area contributed by atoms with Gasteiger partial charge in [-0.3, -0.25) is 9.59 Å². The van der Waals surface area contributed by atoms with Gasteiger partial charge in [0.15, 0.2) is 5.82 Å². The molecule has 0 unspecified atom stereocenters. The second kappa shape index (κ2) is 7.25. The summed E-state index contributed by atoms with van der Waals surface area (Å²) in [5, 5.41) is 8.07. The van der Waals surface area contributed by atoms with Crippen molar-refractivity contribution in [3.63, 3.8) is 0 Å². The van der Waals surface area contributed by atoms with Crippen LogP contribution in [0.5, 0.6) is 5.75 Å². The number of aromatic amines is 1. The Morgan fingerprint density at radius 2 is 1.92 bits per heavy atom. The quantitative estimate of drug-likeness (QED) is 0.896. The highest BCUT2D eigenvalue weighted by molar-refractivity contribution is 5.76. The molecule has 3 rings (SSSR count). The monoisotopic (exact) mass is 328 g/mol. The van der Waals surface area contributed by atoms with Crippen LogP contribution in [0, 0.1) is 0 Å². The van der Waals surface area contributed by atoms with Crippen LogP contribution in [0.4, 0.5) is 0 Å². The van der Waals surface area contributed by atoms with Gasteiger partial charge in [-0.15, -0.1) is 10.2 Å². The molecule has 0 atom stereocenters. The summed E-state index contributed by atoms with van der Waals surface area (Å²) in [6, 6.07) is 7.18. The molecule has 1 aliphatic heterocycles. The average Bonchev–Trinajstić information content (AvgIpc) is 3.15. The van der Waals surface area contributed by atoms with Crippen molar-refractivity contribution < 1.29 is 9.53 Å². The van der Waals surface area contributed by atoms with Gasteiger partial charge in [0.25, 0.3) is 5.56 Å². The lowest BCUT2D eigenvalue weighted by atomic mass is 10.2. The molecule has 1 aliphatic rings. The molecule has 1 fully saturated rings. The molecule has 1 aromatic carbocycles. The minimum atomic E-state index is -0.301. The summed E-state index contributed by atoms with van der Waals surface area (Å²) in [7, 11) is 1.59. The number of rotatable bonds is 5. The van der Waals surface area contributed by atoms with E-state index in [1.807, 2.05) is 4.90 Å². The smallest absolute Gasteiger partial charge is 0.273 e. The van der Waals surface area contributed by atoms with Crippen molar-refractivity contribution in [3.8, 4) is 17.1 Å². The summed E-state index contributed by atoms with van der Waals surface area (Å²) >= 11 is 0. The number of hydrogen-bond acceptors (Lipinski definition) is 5. The van der Waals surface area contributed by atoms with E-state index in [-0.39, 0.29) is 11.5 Å². The van der Waals surface area contributed by atoms with Crippen LogP contribution in [0.1, 0.15) is 25.0 Å². The molecular formula is C17H20N4O3. The highest BCUT2D eigenvalue weighted by Gasteiger charge is 2.18. The van der Waals surface area contributed by atoms with Crippen molar-refractivity contribution in [1.29, 1.82) is 0 Å². The highest BCUT2D eigenvalue weighted by Crippen LogP contribution is 2.17. The Morgan fingerprint density at radius 3 is 2.54 bits per heavy atom.